The topological polar surface area (TPSA) is 12.4 Å². The average Bonchev–Trinajstić information content (AvgIpc) is 1.99. The van der Waals surface area contributed by atoms with Crippen molar-refractivity contribution in [3.8, 4) is 0 Å². The van der Waals surface area contributed by atoms with E-state index >= 15 is 0 Å². The van der Waals surface area contributed by atoms with Gasteiger partial charge in [-0.15, -0.1) is 0 Å². The second-order valence-electron chi connectivity index (χ2n) is 2.52. The molecule has 10 heavy (non-hydrogen) atoms. The van der Waals surface area contributed by atoms with Gasteiger partial charge in [0.25, 0.3) is 0 Å². The third kappa shape index (κ3) is 2.81. The summed E-state index contributed by atoms with van der Waals surface area (Å²) in [6, 6.07) is 0.356. The van der Waals surface area contributed by atoms with Crippen molar-refractivity contribution in [2.75, 3.05) is 0 Å². The molecule has 0 heterocycles. The maximum Gasteiger partial charge on any atom is 0.0699 e. The normalized spacial score (nSPS) is 14.9. The fourth-order valence-corrected chi connectivity index (χ4v) is 0.929. The Morgan fingerprint density at radius 2 is 2.30 bits per heavy atom. The summed E-state index contributed by atoms with van der Waals surface area (Å²) in [7, 11) is 0. The highest BCUT2D eigenvalue weighted by atomic mass is 14.7. The predicted molar refractivity (Wildman–Crippen MR) is 47.7 cm³/mol. The third-order valence-electron chi connectivity index (χ3n) is 1.76. The Labute approximate surface area is 63.9 Å². The van der Waals surface area contributed by atoms with Gasteiger partial charge in [-0.1, -0.05) is 25.0 Å². The minimum Gasteiger partial charge on any atom is -0.293 e. The van der Waals surface area contributed by atoms with E-state index in [1.165, 1.54) is 12.0 Å². The van der Waals surface area contributed by atoms with E-state index in [4.69, 9.17) is 0 Å². The number of allylic oxidation sites excluding steroid dienone is 1. The molecule has 0 bridgehead atoms. The van der Waals surface area contributed by atoms with E-state index in [1.807, 2.05) is 6.92 Å². The smallest absolute Gasteiger partial charge is 0.0699 e. The maximum absolute atomic E-state index is 4.03. The van der Waals surface area contributed by atoms with Crippen molar-refractivity contribution in [1.29, 1.82) is 0 Å². The molecule has 0 aromatic carbocycles. The van der Waals surface area contributed by atoms with Crippen LogP contribution in [-0.4, -0.2) is 12.8 Å². The van der Waals surface area contributed by atoms with E-state index in [0.717, 1.165) is 6.42 Å². The molecule has 0 radical (unpaired) electrons. The minimum atomic E-state index is 0.356. The highest BCUT2D eigenvalue weighted by molar-refractivity contribution is 5.27. The Kier molecular flexibility index (Phi) is 4.91. The van der Waals surface area contributed by atoms with Crippen molar-refractivity contribution in [2.24, 2.45) is 4.99 Å². The second kappa shape index (κ2) is 5.21. The molecule has 0 aromatic rings. The molecule has 0 saturated carbocycles. The van der Waals surface area contributed by atoms with Crippen LogP contribution in [0.15, 0.2) is 16.6 Å². The zero-order valence-electron chi connectivity index (χ0n) is 7.22. The highest BCUT2D eigenvalue weighted by Crippen LogP contribution is 2.10. The van der Waals surface area contributed by atoms with Crippen LogP contribution < -0.4 is 0 Å². The van der Waals surface area contributed by atoms with E-state index < -0.39 is 0 Å². The van der Waals surface area contributed by atoms with Crippen molar-refractivity contribution in [2.45, 2.75) is 39.7 Å². The number of aliphatic imine (C=N–C) groups is 1. The lowest BCUT2D eigenvalue weighted by Gasteiger charge is -2.09. The van der Waals surface area contributed by atoms with Gasteiger partial charge in [0.05, 0.1) is 6.04 Å². The summed E-state index contributed by atoms with van der Waals surface area (Å²) in [6.45, 7) is 9.88. The van der Waals surface area contributed by atoms with Crippen LogP contribution in [-0.2, 0) is 0 Å². The van der Waals surface area contributed by atoms with Crippen LogP contribution in [0, 0.1) is 0 Å². The Balaban J connectivity index is 3.93. The van der Waals surface area contributed by atoms with E-state index in [2.05, 4.69) is 31.6 Å². The Morgan fingerprint density at radius 1 is 1.70 bits per heavy atom. The van der Waals surface area contributed by atoms with Gasteiger partial charge in [-0.3, -0.25) is 4.99 Å². The molecule has 58 valence electrons. The third-order valence-corrected chi connectivity index (χ3v) is 1.76. The van der Waals surface area contributed by atoms with E-state index in [9.17, 15) is 0 Å². The molecule has 0 aromatic heterocycles. The monoisotopic (exact) mass is 139 g/mol. The standard InChI is InChI=1S/C9H17N/c1-5-7-9(10-4)8(3)6-2/h6,9H,4-5,7H2,1-3H3/b8-6+/t9-/m0/s1. The summed E-state index contributed by atoms with van der Waals surface area (Å²) in [6.07, 6.45) is 4.41. The lowest BCUT2D eigenvalue weighted by Crippen LogP contribution is -2.04. The zero-order valence-corrected chi connectivity index (χ0v) is 7.22. The van der Waals surface area contributed by atoms with Crippen LogP contribution in [0.2, 0.25) is 0 Å². The van der Waals surface area contributed by atoms with Crippen LogP contribution >= 0.6 is 0 Å². The van der Waals surface area contributed by atoms with Crippen molar-refractivity contribution >= 4 is 6.72 Å². The van der Waals surface area contributed by atoms with Gasteiger partial charge in [-0.25, -0.2) is 0 Å². The molecule has 0 amide bonds. The molecule has 0 saturated heterocycles. The van der Waals surface area contributed by atoms with Crippen LogP contribution in [0.5, 0.6) is 0 Å². The molecule has 0 aliphatic heterocycles. The van der Waals surface area contributed by atoms with E-state index in [1.54, 1.807) is 0 Å². The molecule has 1 nitrogen and oxygen atoms in total. The first-order valence-electron chi connectivity index (χ1n) is 3.84. The quantitative estimate of drug-likeness (QED) is 0.419. The molecule has 1 atom stereocenters. The van der Waals surface area contributed by atoms with Gasteiger partial charge in [-0.2, -0.15) is 0 Å². The summed E-state index contributed by atoms with van der Waals surface area (Å²) >= 11 is 0. The zero-order chi connectivity index (χ0) is 7.98. The summed E-state index contributed by atoms with van der Waals surface area (Å²) in [5.74, 6) is 0. The predicted octanol–water partition coefficient (Wildman–Crippen LogP) is 2.82. The lowest BCUT2D eigenvalue weighted by atomic mass is 10.1. The molecule has 0 N–H and O–H groups in total. The number of hydrogen-bond acceptors (Lipinski definition) is 1. The Hall–Kier alpha value is -0.590. The first-order valence-corrected chi connectivity index (χ1v) is 3.84. The van der Waals surface area contributed by atoms with Gasteiger partial charge < -0.3 is 0 Å². The molecule has 0 aliphatic rings. The summed E-state index contributed by atoms with van der Waals surface area (Å²) < 4.78 is 0. The van der Waals surface area contributed by atoms with Crippen LogP contribution in [0.25, 0.3) is 0 Å². The SMILES string of the molecule is C=N[C@@H](CCC)/C(C)=C/C. The van der Waals surface area contributed by atoms with Crippen molar-refractivity contribution in [1.82, 2.24) is 0 Å². The van der Waals surface area contributed by atoms with Gasteiger partial charge in [0.15, 0.2) is 0 Å². The Morgan fingerprint density at radius 3 is 2.60 bits per heavy atom. The van der Waals surface area contributed by atoms with Gasteiger partial charge in [0.1, 0.15) is 0 Å². The van der Waals surface area contributed by atoms with E-state index in [-0.39, 0.29) is 0 Å². The van der Waals surface area contributed by atoms with Gasteiger partial charge >= 0.3 is 0 Å². The molecule has 0 aliphatic carbocycles. The molecular formula is C9H17N. The first kappa shape index (κ1) is 9.41. The van der Waals surface area contributed by atoms with Crippen molar-refractivity contribution in [3.05, 3.63) is 11.6 Å². The molecule has 0 spiro atoms. The average molecular weight is 139 g/mol. The number of rotatable bonds is 4. The van der Waals surface area contributed by atoms with Gasteiger partial charge in [0.2, 0.25) is 0 Å². The Bertz CT molecular complexity index is 125. The maximum atomic E-state index is 4.03. The van der Waals surface area contributed by atoms with Crippen LogP contribution in [0.3, 0.4) is 0 Å². The second-order valence-corrected chi connectivity index (χ2v) is 2.52. The van der Waals surface area contributed by atoms with Gasteiger partial charge in [0, 0.05) is 0 Å². The fraction of sp³-hybridized carbons (Fsp3) is 0.667. The number of hydrogen-bond donors (Lipinski definition) is 0. The number of nitrogens with zero attached hydrogens (tertiary/aromatic N) is 1. The van der Waals surface area contributed by atoms with Crippen molar-refractivity contribution < 1.29 is 0 Å². The molecule has 0 fully saturated rings. The van der Waals surface area contributed by atoms with Gasteiger partial charge in [-0.05, 0) is 27.0 Å². The van der Waals surface area contributed by atoms with Crippen LogP contribution in [0.4, 0.5) is 0 Å². The lowest BCUT2D eigenvalue weighted by molar-refractivity contribution is 0.678. The first-order chi connectivity index (χ1) is 4.76. The molecule has 0 unspecified atom stereocenters. The van der Waals surface area contributed by atoms with Crippen LogP contribution in [0.1, 0.15) is 33.6 Å². The summed E-state index contributed by atoms with van der Waals surface area (Å²) in [4.78, 5) is 4.03. The van der Waals surface area contributed by atoms with Crippen molar-refractivity contribution in [3.63, 3.8) is 0 Å². The minimum absolute atomic E-state index is 0.356. The highest BCUT2D eigenvalue weighted by Gasteiger charge is 2.03. The summed E-state index contributed by atoms with van der Waals surface area (Å²) in [5, 5.41) is 0. The van der Waals surface area contributed by atoms with E-state index in [0.29, 0.717) is 6.04 Å². The molecule has 1 heteroatoms. The molecular weight excluding hydrogens is 122 g/mol. The summed E-state index contributed by atoms with van der Waals surface area (Å²) in [5.41, 5.74) is 1.33. The molecule has 0 rings (SSSR count). The largest absolute Gasteiger partial charge is 0.293 e. The fourth-order valence-electron chi connectivity index (χ4n) is 0.929.